The van der Waals surface area contributed by atoms with Gasteiger partial charge in [-0.1, -0.05) is 59.0 Å². The molecule has 0 aliphatic rings. The lowest BCUT2D eigenvalue weighted by molar-refractivity contribution is -0.119. The van der Waals surface area contributed by atoms with Crippen LogP contribution < -0.4 is 5.32 Å². The molecule has 1 N–H and O–H groups in total. The third kappa shape index (κ3) is 4.64. The van der Waals surface area contributed by atoms with Crippen LogP contribution in [0.4, 0.5) is 5.69 Å². The topological polar surface area (TPSA) is 73.2 Å². The number of alkyl halides is 1. The second-order valence-electron chi connectivity index (χ2n) is 6.99. The maximum absolute atomic E-state index is 12.6. The van der Waals surface area contributed by atoms with Crippen LogP contribution in [0.3, 0.4) is 0 Å². The molecule has 0 aliphatic carbocycles. The van der Waals surface area contributed by atoms with Crippen LogP contribution in [0.15, 0.2) is 60.7 Å². The summed E-state index contributed by atoms with van der Waals surface area (Å²) in [6, 6.07) is 19.1. The summed E-state index contributed by atoms with van der Waals surface area (Å²) in [7, 11) is 0. The predicted molar refractivity (Wildman–Crippen MR) is 131 cm³/mol. The van der Waals surface area contributed by atoms with Crippen molar-refractivity contribution in [2.24, 2.45) is 0 Å². The molecule has 1 unspecified atom stereocenters. The molecule has 0 spiro atoms. The summed E-state index contributed by atoms with van der Waals surface area (Å²) in [5.41, 5.74) is 3.50. The summed E-state index contributed by atoms with van der Waals surface area (Å²) in [5.74, 6) is -0.892. The van der Waals surface area contributed by atoms with Crippen molar-refractivity contribution in [3.05, 3.63) is 76.8 Å². The number of para-hydroxylation sites is 2. The van der Waals surface area contributed by atoms with E-state index in [2.05, 4.69) is 33.0 Å². The smallest absolute Gasteiger partial charge is 0.348 e. The first-order valence-electron chi connectivity index (χ1n) is 9.68. The van der Waals surface area contributed by atoms with Crippen molar-refractivity contribution < 1.29 is 14.3 Å². The molecule has 2 heterocycles. The Labute approximate surface area is 197 Å². The minimum atomic E-state index is -0.522. The summed E-state index contributed by atoms with van der Waals surface area (Å²) < 4.78 is 7.33. The van der Waals surface area contributed by atoms with Crippen molar-refractivity contribution in [1.82, 2.24) is 9.78 Å². The van der Waals surface area contributed by atoms with E-state index >= 15 is 0 Å². The summed E-state index contributed by atoms with van der Waals surface area (Å²) >= 11 is 3.60. The average molecular weight is 545 g/mol. The molecule has 0 aliphatic heterocycles. The molecule has 0 radical (unpaired) electrons. The van der Waals surface area contributed by atoms with Gasteiger partial charge in [-0.25, -0.2) is 9.48 Å². The Morgan fingerprint density at radius 1 is 1.16 bits per heavy atom. The van der Waals surface area contributed by atoms with E-state index in [0.29, 0.717) is 4.88 Å². The van der Waals surface area contributed by atoms with E-state index in [-0.39, 0.29) is 16.4 Å². The molecule has 0 saturated carbocycles. The van der Waals surface area contributed by atoms with Gasteiger partial charge in [0.25, 0.3) is 5.91 Å². The number of ether oxygens (including phenoxy) is 1. The zero-order chi connectivity index (χ0) is 22.0. The van der Waals surface area contributed by atoms with Gasteiger partial charge in [-0.15, -0.1) is 11.3 Å². The molecule has 2 aromatic heterocycles. The molecular weight excluding hydrogens is 525 g/mol. The van der Waals surface area contributed by atoms with Crippen LogP contribution in [0.25, 0.3) is 15.9 Å². The number of nitrogens with zero attached hydrogens (tertiary/aromatic N) is 2. The van der Waals surface area contributed by atoms with Crippen molar-refractivity contribution in [2.45, 2.75) is 17.8 Å². The van der Waals surface area contributed by atoms with Crippen LogP contribution in [0, 0.1) is 6.92 Å². The number of fused-ring (bicyclic) bond motifs is 1. The zero-order valence-electron chi connectivity index (χ0n) is 17.0. The molecule has 158 valence electrons. The van der Waals surface area contributed by atoms with Gasteiger partial charge in [0.15, 0.2) is 6.61 Å². The second kappa shape index (κ2) is 9.19. The highest BCUT2D eigenvalue weighted by Gasteiger charge is 2.19. The zero-order valence-corrected chi connectivity index (χ0v) is 19.9. The van der Waals surface area contributed by atoms with Gasteiger partial charge < -0.3 is 10.1 Å². The predicted octanol–water partition coefficient (Wildman–Crippen LogP) is 5.69. The highest BCUT2D eigenvalue weighted by molar-refractivity contribution is 14.1. The molecule has 4 aromatic rings. The Hall–Kier alpha value is -2.72. The first-order chi connectivity index (χ1) is 14.9. The van der Waals surface area contributed by atoms with Gasteiger partial charge in [-0.3, -0.25) is 4.79 Å². The lowest BCUT2D eigenvalue weighted by atomic mass is 10.1. The third-order valence-corrected chi connectivity index (χ3v) is 6.51. The average Bonchev–Trinajstić information content (AvgIpc) is 3.33. The van der Waals surface area contributed by atoms with E-state index in [0.717, 1.165) is 32.8 Å². The normalized spacial score (nSPS) is 12.0. The number of carbonyl (C=O) groups excluding carboxylic acids is 2. The van der Waals surface area contributed by atoms with Crippen LogP contribution in [0.2, 0.25) is 0 Å². The number of nitrogens with one attached hydrogen (secondary N) is 1. The van der Waals surface area contributed by atoms with E-state index < -0.39 is 5.97 Å². The molecule has 8 heteroatoms. The monoisotopic (exact) mass is 545 g/mol. The van der Waals surface area contributed by atoms with Crippen LogP contribution in [0.1, 0.15) is 31.8 Å². The third-order valence-electron chi connectivity index (χ3n) is 4.74. The molecule has 31 heavy (non-hydrogen) atoms. The van der Waals surface area contributed by atoms with Crippen molar-refractivity contribution in [3.63, 3.8) is 0 Å². The van der Waals surface area contributed by atoms with Gasteiger partial charge in [-0.05, 0) is 43.7 Å². The highest BCUT2D eigenvalue weighted by Crippen LogP contribution is 2.31. The molecule has 2 aromatic carbocycles. The van der Waals surface area contributed by atoms with Gasteiger partial charge in [0.05, 0.1) is 11.4 Å². The van der Waals surface area contributed by atoms with Crippen molar-refractivity contribution in [3.8, 4) is 5.69 Å². The minimum Gasteiger partial charge on any atom is -0.451 e. The van der Waals surface area contributed by atoms with Gasteiger partial charge in [0.1, 0.15) is 9.71 Å². The Bertz CT molecular complexity index is 1250. The Balaban J connectivity index is 1.46. The SMILES string of the molecule is Cc1nn(-c2ccccc2)c2sc(C(=O)OCC(=O)Nc3ccccc3C(C)I)cc12. The van der Waals surface area contributed by atoms with Gasteiger partial charge in [0.2, 0.25) is 0 Å². The lowest BCUT2D eigenvalue weighted by Crippen LogP contribution is -2.21. The molecule has 0 bridgehead atoms. The molecule has 0 saturated heterocycles. The Morgan fingerprint density at radius 3 is 2.61 bits per heavy atom. The second-order valence-corrected chi connectivity index (χ2v) is 9.89. The number of amides is 1. The largest absolute Gasteiger partial charge is 0.451 e. The van der Waals surface area contributed by atoms with Crippen molar-refractivity contribution in [2.75, 3.05) is 11.9 Å². The van der Waals surface area contributed by atoms with Crippen LogP contribution in [-0.2, 0) is 9.53 Å². The van der Waals surface area contributed by atoms with Crippen molar-refractivity contribution in [1.29, 1.82) is 0 Å². The molecule has 1 atom stereocenters. The van der Waals surface area contributed by atoms with Gasteiger partial charge in [0, 0.05) is 15.0 Å². The number of aromatic nitrogens is 2. The number of aryl methyl sites for hydroxylation is 1. The lowest BCUT2D eigenvalue weighted by Gasteiger charge is -2.12. The standard InChI is InChI=1S/C23H20IN3O3S/c1-14(24)17-10-6-7-11-19(17)25-21(28)13-30-23(29)20-12-18-15(2)26-27(22(18)31-20)16-8-4-3-5-9-16/h3-12,14H,13H2,1-2H3,(H,25,28). The number of anilines is 1. The van der Waals surface area contributed by atoms with Gasteiger partial charge >= 0.3 is 5.97 Å². The van der Waals surface area contributed by atoms with Gasteiger partial charge in [-0.2, -0.15) is 5.10 Å². The van der Waals surface area contributed by atoms with Crippen LogP contribution in [-0.4, -0.2) is 28.3 Å². The Kier molecular flexibility index (Phi) is 6.38. The van der Waals surface area contributed by atoms with Crippen molar-refractivity contribution >= 4 is 61.7 Å². The van der Waals surface area contributed by atoms with Crippen LogP contribution in [0.5, 0.6) is 0 Å². The molecule has 0 fully saturated rings. The van der Waals surface area contributed by atoms with E-state index in [1.807, 2.05) is 73.1 Å². The number of hydrogen-bond donors (Lipinski definition) is 1. The van der Waals surface area contributed by atoms with Crippen LogP contribution >= 0.6 is 33.9 Å². The van der Waals surface area contributed by atoms with E-state index in [9.17, 15) is 9.59 Å². The number of halogens is 1. The number of benzene rings is 2. The van der Waals surface area contributed by atoms with E-state index in [1.165, 1.54) is 11.3 Å². The fourth-order valence-electron chi connectivity index (χ4n) is 3.24. The first kappa shape index (κ1) is 21.5. The number of hydrogen-bond acceptors (Lipinski definition) is 5. The minimum absolute atomic E-state index is 0.239. The Morgan fingerprint density at radius 2 is 1.87 bits per heavy atom. The number of esters is 1. The maximum Gasteiger partial charge on any atom is 0.348 e. The number of thiophene rings is 1. The number of carbonyl (C=O) groups is 2. The molecule has 4 rings (SSSR count). The summed E-state index contributed by atoms with van der Waals surface area (Å²) in [5, 5.41) is 8.30. The van der Waals surface area contributed by atoms with E-state index in [4.69, 9.17) is 4.74 Å². The van der Waals surface area contributed by atoms with E-state index in [1.54, 1.807) is 6.07 Å². The number of rotatable bonds is 6. The summed E-state index contributed by atoms with van der Waals surface area (Å²) in [6.07, 6.45) is 0. The first-order valence-corrected chi connectivity index (χ1v) is 11.7. The maximum atomic E-state index is 12.6. The fraction of sp³-hybridized carbons (Fsp3) is 0.174. The molecule has 6 nitrogen and oxygen atoms in total. The fourth-order valence-corrected chi connectivity index (χ4v) is 4.86. The quantitative estimate of drug-likeness (QED) is 0.192. The summed E-state index contributed by atoms with van der Waals surface area (Å²) in [6.45, 7) is 3.61. The highest BCUT2D eigenvalue weighted by atomic mass is 127. The molecule has 1 amide bonds. The summed E-state index contributed by atoms with van der Waals surface area (Å²) in [4.78, 5) is 26.2. The molecular formula is C23H20IN3O3S.